The van der Waals surface area contributed by atoms with E-state index in [2.05, 4.69) is 0 Å². The van der Waals surface area contributed by atoms with Crippen LogP contribution in [0.4, 0.5) is 23.7 Å². The minimum Gasteiger partial charge on any atom is -0.489 e. The van der Waals surface area contributed by atoms with E-state index in [1.165, 1.54) is 6.08 Å². The standard InChI is InChI=1S/C25H16ClF3N2O4S/c26-17-7-2-1-5-15(17)13-35-16-6-3-4-14(10-16)11-20-24(33)31(25(34)36-20)12-21(32)30-19-9-8-18(27)22(28)23(19)29/h1-11H,12-13H2,(H,30,32)/b20-11+. The molecular weight excluding hydrogens is 517 g/mol. The van der Waals surface area contributed by atoms with E-state index < -0.39 is 46.7 Å². The SMILES string of the molecule is O=C(CN1C(=O)S/C(=C/c2cccc(OCc3ccccc3Cl)c2)C1=O)Nc1ccc(F)c(F)c1F. The van der Waals surface area contributed by atoms with Gasteiger partial charge in [-0.15, -0.1) is 0 Å². The summed E-state index contributed by atoms with van der Waals surface area (Å²) in [5, 5.41) is 1.89. The number of hydrogen-bond acceptors (Lipinski definition) is 5. The third-order valence-corrected chi connectivity index (χ3v) is 6.27. The van der Waals surface area contributed by atoms with E-state index in [4.69, 9.17) is 16.3 Å². The van der Waals surface area contributed by atoms with E-state index in [0.717, 1.165) is 11.6 Å². The van der Waals surface area contributed by atoms with Crippen molar-refractivity contribution in [3.63, 3.8) is 0 Å². The van der Waals surface area contributed by atoms with Crippen molar-refractivity contribution < 1.29 is 32.3 Å². The number of carbonyl (C=O) groups is 3. The highest BCUT2D eigenvalue weighted by molar-refractivity contribution is 8.18. The van der Waals surface area contributed by atoms with Gasteiger partial charge in [0.1, 0.15) is 18.9 Å². The van der Waals surface area contributed by atoms with Crippen LogP contribution in [-0.4, -0.2) is 28.5 Å². The summed E-state index contributed by atoms with van der Waals surface area (Å²) in [6.45, 7) is -0.505. The van der Waals surface area contributed by atoms with Crippen molar-refractivity contribution in [3.8, 4) is 5.75 Å². The van der Waals surface area contributed by atoms with Crippen LogP contribution in [0.25, 0.3) is 6.08 Å². The van der Waals surface area contributed by atoms with Crippen LogP contribution >= 0.6 is 23.4 Å². The fourth-order valence-corrected chi connectivity index (χ4v) is 4.24. The monoisotopic (exact) mass is 532 g/mol. The second kappa shape index (κ2) is 10.9. The van der Waals surface area contributed by atoms with Gasteiger partial charge in [-0.2, -0.15) is 0 Å². The van der Waals surface area contributed by atoms with Gasteiger partial charge < -0.3 is 10.1 Å². The normalized spacial score (nSPS) is 14.4. The average molecular weight is 533 g/mol. The van der Waals surface area contributed by atoms with E-state index >= 15 is 0 Å². The molecule has 0 aliphatic carbocycles. The molecule has 4 rings (SSSR count). The van der Waals surface area contributed by atoms with Crippen molar-refractivity contribution in [2.75, 3.05) is 11.9 Å². The number of nitrogens with one attached hydrogen (secondary N) is 1. The van der Waals surface area contributed by atoms with Gasteiger partial charge in [0.25, 0.3) is 11.1 Å². The zero-order valence-corrected chi connectivity index (χ0v) is 19.8. The minimum atomic E-state index is -1.75. The first-order chi connectivity index (χ1) is 17.2. The fraction of sp³-hybridized carbons (Fsp3) is 0.0800. The number of carbonyl (C=O) groups excluding carboxylic acids is 3. The zero-order valence-electron chi connectivity index (χ0n) is 18.3. The van der Waals surface area contributed by atoms with Crippen LogP contribution in [0.5, 0.6) is 5.75 Å². The Morgan fingerprint density at radius 2 is 1.81 bits per heavy atom. The first kappa shape index (κ1) is 25.3. The summed E-state index contributed by atoms with van der Waals surface area (Å²) in [5.74, 6) is -5.93. The predicted octanol–water partition coefficient (Wildman–Crippen LogP) is 6.01. The first-order valence-electron chi connectivity index (χ1n) is 10.4. The lowest BCUT2D eigenvalue weighted by Crippen LogP contribution is -2.36. The molecule has 0 bridgehead atoms. The molecule has 3 aromatic carbocycles. The minimum absolute atomic E-state index is 0.0649. The van der Waals surface area contributed by atoms with Crippen LogP contribution in [0.15, 0.2) is 65.6 Å². The van der Waals surface area contributed by atoms with Crippen LogP contribution < -0.4 is 10.1 Å². The molecule has 0 spiro atoms. The highest BCUT2D eigenvalue weighted by Crippen LogP contribution is 2.33. The summed E-state index contributed by atoms with van der Waals surface area (Å²) in [6.07, 6.45) is 1.47. The summed E-state index contributed by atoms with van der Waals surface area (Å²) >= 11 is 6.76. The largest absolute Gasteiger partial charge is 0.489 e. The molecule has 1 aliphatic heterocycles. The van der Waals surface area contributed by atoms with Gasteiger partial charge in [0, 0.05) is 10.6 Å². The second-order valence-electron chi connectivity index (χ2n) is 7.49. The summed E-state index contributed by atoms with van der Waals surface area (Å²) < 4.78 is 46.0. The molecule has 1 fully saturated rings. The quantitative estimate of drug-likeness (QED) is 0.298. The Morgan fingerprint density at radius 1 is 1.03 bits per heavy atom. The zero-order chi connectivity index (χ0) is 25.8. The van der Waals surface area contributed by atoms with Crippen molar-refractivity contribution in [3.05, 3.63) is 99.2 Å². The van der Waals surface area contributed by atoms with Crippen molar-refractivity contribution in [1.29, 1.82) is 0 Å². The molecule has 0 radical (unpaired) electrons. The Kier molecular flexibility index (Phi) is 7.66. The van der Waals surface area contributed by atoms with Crippen LogP contribution in [-0.2, 0) is 16.2 Å². The molecule has 3 aromatic rings. The van der Waals surface area contributed by atoms with Crippen molar-refractivity contribution in [1.82, 2.24) is 4.90 Å². The molecule has 1 aliphatic rings. The summed E-state index contributed by atoms with van der Waals surface area (Å²) in [6, 6.07) is 15.5. The fourth-order valence-electron chi connectivity index (χ4n) is 3.21. The number of rotatable bonds is 7. The van der Waals surface area contributed by atoms with Gasteiger partial charge in [-0.3, -0.25) is 19.3 Å². The molecule has 0 saturated carbocycles. The number of thioether (sulfide) groups is 1. The molecule has 0 aromatic heterocycles. The molecule has 36 heavy (non-hydrogen) atoms. The van der Waals surface area contributed by atoms with Crippen molar-refractivity contribution >= 4 is 52.2 Å². The van der Waals surface area contributed by atoms with Crippen LogP contribution in [0.2, 0.25) is 5.02 Å². The lowest BCUT2D eigenvalue weighted by molar-refractivity contribution is -0.127. The predicted molar refractivity (Wildman–Crippen MR) is 130 cm³/mol. The number of ether oxygens (including phenoxy) is 1. The van der Waals surface area contributed by atoms with Gasteiger partial charge in [0.15, 0.2) is 17.5 Å². The van der Waals surface area contributed by atoms with E-state index in [9.17, 15) is 27.6 Å². The van der Waals surface area contributed by atoms with Gasteiger partial charge in [-0.25, -0.2) is 13.2 Å². The smallest absolute Gasteiger partial charge is 0.294 e. The van der Waals surface area contributed by atoms with Crippen LogP contribution in [0.1, 0.15) is 11.1 Å². The van der Waals surface area contributed by atoms with Crippen molar-refractivity contribution in [2.24, 2.45) is 0 Å². The van der Waals surface area contributed by atoms with E-state index in [-0.39, 0.29) is 11.5 Å². The summed E-state index contributed by atoms with van der Waals surface area (Å²) in [7, 11) is 0. The van der Waals surface area contributed by atoms with E-state index in [1.54, 1.807) is 30.3 Å². The number of nitrogens with zero attached hydrogens (tertiary/aromatic N) is 1. The lowest BCUT2D eigenvalue weighted by atomic mass is 10.2. The van der Waals surface area contributed by atoms with Gasteiger partial charge in [-0.05, 0) is 53.7 Å². The molecule has 0 atom stereocenters. The maximum absolute atomic E-state index is 13.8. The van der Waals surface area contributed by atoms with E-state index in [1.807, 2.05) is 23.5 Å². The molecule has 1 N–H and O–H groups in total. The number of benzene rings is 3. The number of anilines is 1. The Labute approximate surface area is 212 Å². The maximum Gasteiger partial charge on any atom is 0.294 e. The number of imide groups is 1. The molecule has 11 heteroatoms. The molecular formula is C25H16ClF3N2O4S. The van der Waals surface area contributed by atoms with Gasteiger partial charge in [0.05, 0.1) is 10.6 Å². The molecule has 1 saturated heterocycles. The molecule has 6 nitrogen and oxygen atoms in total. The topological polar surface area (TPSA) is 75.7 Å². The highest BCUT2D eigenvalue weighted by atomic mass is 35.5. The third-order valence-electron chi connectivity index (χ3n) is 4.99. The maximum atomic E-state index is 13.8. The Morgan fingerprint density at radius 3 is 2.58 bits per heavy atom. The Hall–Kier alpha value is -3.76. The number of halogens is 4. The van der Waals surface area contributed by atoms with Crippen LogP contribution in [0.3, 0.4) is 0 Å². The number of amides is 3. The molecule has 3 amide bonds. The number of hydrogen-bond donors (Lipinski definition) is 1. The van der Waals surface area contributed by atoms with Gasteiger partial charge in [-0.1, -0.05) is 41.9 Å². The van der Waals surface area contributed by atoms with Crippen LogP contribution in [0, 0.1) is 17.5 Å². The average Bonchev–Trinajstić information content (AvgIpc) is 3.11. The summed E-state index contributed by atoms with van der Waals surface area (Å²) in [5.41, 5.74) is 0.757. The third kappa shape index (κ3) is 5.72. The Bertz CT molecular complexity index is 1400. The second-order valence-corrected chi connectivity index (χ2v) is 8.89. The van der Waals surface area contributed by atoms with E-state index in [0.29, 0.717) is 39.1 Å². The van der Waals surface area contributed by atoms with Crippen molar-refractivity contribution in [2.45, 2.75) is 6.61 Å². The van der Waals surface area contributed by atoms with Gasteiger partial charge >= 0.3 is 0 Å². The summed E-state index contributed by atoms with van der Waals surface area (Å²) in [4.78, 5) is 38.0. The molecule has 1 heterocycles. The molecule has 184 valence electrons. The first-order valence-corrected chi connectivity index (χ1v) is 11.6. The highest BCUT2D eigenvalue weighted by Gasteiger charge is 2.36. The lowest BCUT2D eigenvalue weighted by Gasteiger charge is -2.13. The molecule has 0 unspecified atom stereocenters. The Balaban J connectivity index is 1.42. The van der Waals surface area contributed by atoms with Gasteiger partial charge in [0.2, 0.25) is 5.91 Å².